The van der Waals surface area contributed by atoms with E-state index < -0.39 is 0 Å². The molecule has 0 spiro atoms. The molecule has 6 heteroatoms. The molecular weight excluding hydrogens is 308 g/mol. The van der Waals surface area contributed by atoms with Gasteiger partial charge >= 0.3 is 0 Å². The summed E-state index contributed by atoms with van der Waals surface area (Å²) in [6, 6.07) is 0.401. The van der Waals surface area contributed by atoms with Crippen LogP contribution in [0.1, 0.15) is 58.3 Å². The first kappa shape index (κ1) is 18.4. The highest BCUT2D eigenvalue weighted by Crippen LogP contribution is 2.25. The zero-order chi connectivity index (χ0) is 16.3. The fourth-order valence-corrected chi connectivity index (χ4v) is 4.34. The average Bonchev–Trinajstić information content (AvgIpc) is 3.07. The highest BCUT2D eigenvalue weighted by atomic mass is 32.2. The Labute approximate surface area is 144 Å². The van der Waals surface area contributed by atoms with Crippen molar-refractivity contribution in [3.8, 4) is 0 Å². The maximum atomic E-state index is 12.0. The Kier molecular flexibility index (Phi) is 8.64. The van der Waals surface area contributed by atoms with Gasteiger partial charge in [0.05, 0.1) is 6.54 Å². The SMILES string of the molecule is CCNC(=NCC1CCCS1)NCCC(=O)NC1CCCCC1. The lowest BCUT2D eigenvalue weighted by Gasteiger charge is -2.22. The smallest absolute Gasteiger partial charge is 0.221 e. The minimum atomic E-state index is 0.159. The maximum absolute atomic E-state index is 12.0. The standard InChI is InChI=1S/C17H32N4OS/c1-2-18-17(20-13-15-9-6-12-23-15)19-11-10-16(22)21-14-7-4-3-5-8-14/h14-15H,2-13H2,1H3,(H,21,22)(H2,18,19,20). The van der Waals surface area contributed by atoms with Gasteiger partial charge in [0.15, 0.2) is 5.96 Å². The molecule has 1 amide bonds. The van der Waals surface area contributed by atoms with Gasteiger partial charge in [-0.2, -0.15) is 11.8 Å². The minimum Gasteiger partial charge on any atom is -0.357 e. The van der Waals surface area contributed by atoms with Gasteiger partial charge in [0, 0.05) is 30.8 Å². The van der Waals surface area contributed by atoms with Crippen molar-refractivity contribution >= 4 is 23.6 Å². The second-order valence-corrected chi connectivity index (χ2v) is 7.84. The van der Waals surface area contributed by atoms with Gasteiger partial charge in [0.25, 0.3) is 0 Å². The van der Waals surface area contributed by atoms with E-state index >= 15 is 0 Å². The zero-order valence-corrected chi connectivity index (χ0v) is 15.2. The van der Waals surface area contributed by atoms with Crippen molar-refractivity contribution in [1.82, 2.24) is 16.0 Å². The third kappa shape index (κ3) is 7.46. The summed E-state index contributed by atoms with van der Waals surface area (Å²) in [5, 5.41) is 10.4. The molecule has 5 nitrogen and oxygen atoms in total. The van der Waals surface area contributed by atoms with Gasteiger partial charge in [0.1, 0.15) is 0 Å². The highest BCUT2D eigenvalue weighted by Gasteiger charge is 2.16. The third-order valence-corrected chi connectivity index (χ3v) is 5.82. The molecule has 1 heterocycles. The molecular formula is C17H32N4OS. The molecule has 0 aromatic heterocycles. The Bertz CT molecular complexity index is 377. The summed E-state index contributed by atoms with van der Waals surface area (Å²) in [5.41, 5.74) is 0. The van der Waals surface area contributed by atoms with E-state index in [1.54, 1.807) is 0 Å². The summed E-state index contributed by atoms with van der Waals surface area (Å²) < 4.78 is 0. The Morgan fingerprint density at radius 2 is 1.96 bits per heavy atom. The van der Waals surface area contributed by atoms with E-state index in [4.69, 9.17) is 0 Å². The van der Waals surface area contributed by atoms with Gasteiger partial charge in [0.2, 0.25) is 5.91 Å². The lowest BCUT2D eigenvalue weighted by molar-refractivity contribution is -0.121. The van der Waals surface area contributed by atoms with E-state index in [-0.39, 0.29) is 5.91 Å². The molecule has 0 radical (unpaired) electrons. The number of aliphatic imine (C=N–C) groups is 1. The van der Waals surface area contributed by atoms with Crippen LogP contribution in [0.25, 0.3) is 0 Å². The highest BCUT2D eigenvalue weighted by molar-refractivity contribution is 8.00. The molecule has 2 fully saturated rings. The quantitative estimate of drug-likeness (QED) is 0.491. The summed E-state index contributed by atoms with van der Waals surface area (Å²) in [6.07, 6.45) is 9.20. The molecule has 1 aliphatic heterocycles. The number of amides is 1. The predicted molar refractivity (Wildman–Crippen MR) is 99.1 cm³/mol. The van der Waals surface area contributed by atoms with Gasteiger partial charge in [-0.3, -0.25) is 9.79 Å². The molecule has 3 N–H and O–H groups in total. The summed E-state index contributed by atoms with van der Waals surface area (Å²) in [6.45, 7) is 4.42. The van der Waals surface area contributed by atoms with E-state index in [0.29, 0.717) is 24.3 Å². The molecule has 23 heavy (non-hydrogen) atoms. The molecule has 1 aliphatic carbocycles. The van der Waals surface area contributed by atoms with E-state index in [2.05, 4.69) is 27.9 Å². The van der Waals surface area contributed by atoms with E-state index in [9.17, 15) is 4.79 Å². The second-order valence-electron chi connectivity index (χ2n) is 6.43. The number of thioether (sulfide) groups is 1. The third-order valence-electron chi connectivity index (χ3n) is 4.44. The van der Waals surface area contributed by atoms with Crippen LogP contribution in [0.15, 0.2) is 4.99 Å². The summed E-state index contributed by atoms with van der Waals surface area (Å²) in [7, 11) is 0. The van der Waals surface area contributed by atoms with Crippen molar-refractivity contribution in [2.24, 2.45) is 4.99 Å². The number of carbonyl (C=O) groups excluding carboxylic acids is 1. The topological polar surface area (TPSA) is 65.5 Å². The number of carbonyl (C=O) groups is 1. The molecule has 2 rings (SSSR count). The van der Waals surface area contributed by atoms with Crippen molar-refractivity contribution in [3.05, 3.63) is 0 Å². The van der Waals surface area contributed by atoms with E-state index in [1.807, 2.05) is 11.8 Å². The Morgan fingerprint density at radius 3 is 2.65 bits per heavy atom. The summed E-state index contributed by atoms with van der Waals surface area (Å²) >= 11 is 2.02. The van der Waals surface area contributed by atoms with Crippen LogP contribution < -0.4 is 16.0 Å². The molecule has 1 unspecified atom stereocenters. The van der Waals surface area contributed by atoms with Crippen LogP contribution in [0.2, 0.25) is 0 Å². The van der Waals surface area contributed by atoms with E-state index in [1.165, 1.54) is 37.9 Å². The van der Waals surface area contributed by atoms with Crippen molar-refractivity contribution in [3.63, 3.8) is 0 Å². The molecule has 0 bridgehead atoms. The van der Waals surface area contributed by atoms with Crippen LogP contribution in [0.5, 0.6) is 0 Å². The lowest BCUT2D eigenvalue weighted by atomic mass is 9.95. The van der Waals surface area contributed by atoms with Gasteiger partial charge in [-0.1, -0.05) is 19.3 Å². The maximum Gasteiger partial charge on any atom is 0.221 e. The van der Waals surface area contributed by atoms with Gasteiger partial charge in [-0.25, -0.2) is 0 Å². The van der Waals surface area contributed by atoms with Gasteiger partial charge < -0.3 is 16.0 Å². The molecule has 1 atom stereocenters. The monoisotopic (exact) mass is 340 g/mol. The van der Waals surface area contributed by atoms with Crippen LogP contribution >= 0.6 is 11.8 Å². The first-order chi connectivity index (χ1) is 11.3. The van der Waals surface area contributed by atoms with Crippen molar-refractivity contribution < 1.29 is 4.79 Å². The van der Waals surface area contributed by atoms with Crippen LogP contribution in [0.4, 0.5) is 0 Å². The van der Waals surface area contributed by atoms with Gasteiger partial charge in [-0.15, -0.1) is 0 Å². The molecule has 1 saturated heterocycles. The Balaban J connectivity index is 1.64. The second kappa shape index (κ2) is 10.8. The van der Waals surface area contributed by atoms with Crippen molar-refractivity contribution in [2.45, 2.75) is 69.6 Å². The number of nitrogens with one attached hydrogen (secondary N) is 3. The van der Waals surface area contributed by atoms with Crippen LogP contribution in [0, 0.1) is 0 Å². The average molecular weight is 341 g/mol. The number of nitrogens with zero attached hydrogens (tertiary/aromatic N) is 1. The van der Waals surface area contributed by atoms with Gasteiger partial charge in [-0.05, 0) is 38.4 Å². The molecule has 1 saturated carbocycles. The number of hydrogen-bond acceptors (Lipinski definition) is 3. The van der Waals surface area contributed by atoms with E-state index in [0.717, 1.165) is 31.9 Å². The van der Waals surface area contributed by atoms with Crippen molar-refractivity contribution in [1.29, 1.82) is 0 Å². The first-order valence-electron chi connectivity index (χ1n) is 9.21. The molecule has 2 aliphatic rings. The van der Waals surface area contributed by atoms with Crippen LogP contribution in [0.3, 0.4) is 0 Å². The number of hydrogen-bond donors (Lipinski definition) is 3. The summed E-state index contributed by atoms with van der Waals surface area (Å²) in [4.78, 5) is 16.7. The van der Waals surface area contributed by atoms with Crippen LogP contribution in [-0.4, -0.2) is 48.5 Å². The zero-order valence-electron chi connectivity index (χ0n) is 14.4. The number of guanidine groups is 1. The molecule has 0 aromatic carbocycles. The van der Waals surface area contributed by atoms with Crippen molar-refractivity contribution in [2.75, 3.05) is 25.4 Å². The predicted octanol–water partition coefficient (Wildman–Crippen LogP) is 2.28. The fourth-order valence-electron chi connectivity index (χ4n) is 3.16. The Hall–Kier alpha value is -0.910. The molecule has 132 valence electrons. The fraction of sp³-hybridized carbons (Fsp3) is 0.882. The van der Waals surface area contributed by atoms with Crippen LogP contribution in [-0.2, 0) is 4.79 Å². The summed E-state index contributed by atoms with van der Waals surface area (Å²) in [5.74, 6) is 2.27. The lowest BCUT2D eigenvalue weighted by Crippen LogP contribution is -2.41. The molecule has 0 aromatic rings. The minimum absolute atomic E-state index is 0.159. The Morgan fingerprint density at radius 1 is 1.13 bits per heavy atom. The first-order valence-corrected chi connectivity index (χ1v) is 10.3. The normalized spacial score (nSPS) is 22.8. The largest absolute Gasteiger partial charge is 0.357 e. The number of rotatable bonds is 7.